The number of rotatable bonds is 5. The van der Waals surface area contributed by atoms with Gasteiger partial charge in [0.15, 0.2) is 0 Å². The number of halogens is 2. The van der Waals surface area contributed by atoms with Crippen LogP contribution in [0, 0.1) is 0 Å². The molecule has 5 nitrogen and oxygen atoms in total. The summed E-state index contributed by atoms with van der Waals surface area (Å²) in [6.07, 6.45) is -2.91. The normalized spacial score (nSPS) is 10.7. The molecule has 0 fully saturated rings. The molecule has 0 unspecified atom stereocenters. The number of hydrogen-bond donors (Lipinski definition) is 2. The third-order valence-electron chi connectivity index (χ3n) is 2.30. The number of pyridine rings is 1. The van der Waals surface area contributed by atoms with Gasteiger partial charge in [-0.1, -0.05) is 0 Å². The Bertz CT molecular complexity index is 439. The molecule has 1 rings (SSSR count). The van der Waals surface area contributed by atoms with Crippen molar-refractivity contribution in [3.8, 4) is 0 Å². The highest BCUT2D eigenvalue weighted by molar-refractivity contribution is 5.75. The van der Waals surface area contributed by atoms with Crippen molar-refractivity contribution >= 4 is 11.7 Å². The van der Waals surface area contributed by atoms with Gasteiger partial charge in [-0.15, -0.1) is 0 Å². The summed E-state index contributed by atoms with van der Waals surface area (Å²) in [6.45, 7) is 1.81. The second kappa shape index (κ2) is 6.25. The van der Waals surface area contributed by atoms with Gasteiger partial charge in [0.2, 0.25) is 0 Å². The molecular weight excluding hydrogens is 244 g/mol. The van der Waals surface area contributed by atoms with Crippen molar-refractivity contribution in [2.45, 2.75) is 26.3 Å². The highest BCUT2D eigenvalue weighted by Crippen LogP contribution is 2.24. The molecular formula is C11H15F2N3O2. The standard InChI is InChI=1S/C11H15F2N3O2/c1-2-18-9(17)4-6-3-7(11(12)13)16-8(5-14)10(6)15/h3,11H,2,4-5,14-15H2,1H3. The topological polar surface area (TPSA) is 91.2 Å². The van der Waals surface area contributed by atoms with E-state index in [1.807, 2.05) is 0 Å². The van der Waals surface area contributed by atoms with Crippen LogP contribution in [-0.4, -0.2) is 17.6 Å². The Morgan fingerprint density at radius 3 is 2.72 bits per heavy atom. The molecule has 1 aromatic rings. The van der Waals surface area contributed by atoms with E-state index in [0.29, 0.717) is 0 Å². The molecule has 0 radical (unpaired) electrons. The summed E-state index contributed by atoms with van der Waals surface area (Å²) in [5.74, 6) is -0.529. The van der Waals surface area contributed by atoms with Crippen LogP contribution in [0.5, 0.6) is 0 Å². The van der Waals surface area contributed by atoms with Gasteiger partial charge in [0, 0.05) is 6.54 Å². The molecule has 0 aliphatic rings. The molecule has 18 heavy (non-hydrogen) atoms. The van der Waals surface area contributed by atoms with E-state index in [9.17, 15) is 13.6 Å². The van der Waals surface area contributed by atoms with Crippen LogP contribution < -0.4 is 11.5 Å². The number of ether oxygens (including phenoxy) is 1. The van der Waals surface area contributed by atoms with Gasteiger partial charge in [-0.25, -0.2) is 13.8 Å². The molecule has 100 valence electrons. The van der Waals surface area contributed by atoms with Gasteiger partial charge in [0.25, 0.3) is 6.43 Å². The number of carbonyl (C=O) groups is 1. The first-order valence-electron chi connectivity index (χ1n) is 5.41. The van der Waals surface area contributed by atoms with Crippen LogP contribution in [0.1, 0.15) is 30.3 Å². The van der Waals surface area contributed by atoms with Crippen LogP contribution >= 0.6 is 0 Å². The summed E-state index contributed by atoms with van der Waals surface area (Å²) < 4.78 is 30.0. The summed E-state index contributed by atoms with van der Waals surface area (Å²) in [5, 5.41) is 0. The Morgan fingerprint density at radius 2 is 2.22 bits per heavy atom. The molecule has 0 saturated carbocycles. The number of alkyl halides is 2. The number of nitrogen functional groups attached to an aromatic ring is 1. The van der Waals surface area contributed by atoms with Gasteiger partial charge < -0.3 is 16.2 Å². The minimum Gasteiger partial charge on any atom is -0.466 e. The SMILES string of the molecule is CCOC(=O)Cc1cc(C(F)F)nc(CN)c1N. The first kappa shape index (κ1) is 14.3. The molecule has 0 spiro atoms. The van der Waals surface area contributed by atoms with Crippen molar-refractivity contribution in [2.24, 2.45) is 5.73 Å². The maximum Gasteiger partial charge on any atom is 0.310 e. The third-order valence-corrected chi connectivity index (χ3v) is 2.30. The first-order chi connectivity index (χ1) is 8.49. The molecule has 7 heteroatoms. The Morgan fingerprint density at radius 1 is 1.56 bits per heavy atom. The van der Waals surface area contributed by atoms with Gasteiger partial charge in [-0.3, -0.25) is 4.79 Å². The Kier molecular flexibility index (Phi) is 4.96. The fourth-order valence-electron chi connectivity index (χ4n) is 1.47. The van der Waals surface area contributed by atoms with E-state index in [1.54, 1.807) is 6.92 Å². The molecule has 0 aliphatic heterocycles. The zero-order valence-electron chi connectivity index (χ0n) is 9.95. The lowest BCUT2D eigenvalue weighted by Crippen LogP contribution is -2.14. The fraction of sp³-hybridized carbons (Fsp3) is 0.455. The van der Waals surface area contributed by atoms with Gasteiger partial charge in [-0.2, -0.15) is 0 Å². The maximum absolute atomic E-state index is 12.6. The lowest BCUT2D eigenvalue weighted by molar-refractivity contribution is -0.142. The minimum absolute atomic E-state index is 0.0672. The minimum atomic E-state index is -2.74. The third kappa shape index (κ3) is 3.36. The van der Waals surface area contributed by atoms with Crippen molar-refractivity contribution in [3.63, 3.8) is 0 Å². The second-order valence-electron chi connectivity index (χ2n) is 3.55. The smallest absolute Gasteiger partial charge is 0.310 e. The molecule has 0 amide bonds. The predicted octanol–water partition coefficient (Wildman–Crippen LogP) is 1.17. The van der Waals surface area contributed by atoms with Crippen LogP contribution in [0.15, 0.2) is 6.07 Å². The molecule has 4 N–H and O–H groups in total. The van der Waals surface area contributed by atoms with E-state index in [1.165, 1.54) is 0 Å². The second-order valence-corrected chi connectivity index (χ2v) is 3.55. The fourth-order valence-corrected chi connectivity index (χ4v) is 1.47. The monoisotopic (exact) mass is 259 g/mol. The Labute approximate surface area is 103 Å². The van der Waals surface area contributed by atoms with Crippen molar-refractivity contribution in [3.05, 3.63) is 23.0 Å². The summed E-state index contributed by atoms with van der Waals surface area (Å²) in [4.78, 5) is 15.0. The number of nitrogens with zero attached hydrogens (tertiary/aromatic N) is 1. The maximum atomic E-state index is 12.6. The molecule has 1 aromatic heterocycles. The van der Waals surface area contributed by atoms with E-state index in [4.69, 9.17) is 16.2 Å². The molecule has 0 saturated heterocycles. The van der Waals surface area contributed by atoms with Crippen molar-refractivity contribution in [2.75, 3.05) is 12.3 Å². The van der Waals surface area contributed by atoms with E-state index < -0.39 is 18.1 Å². The summed E-state index contributed by atoms with van der Waals surface area (Å²) in [7, 11) is 0. The lowest BCUT2D eigenvalue weighted by atomic mass is 10.1. The summed E-state index contributed by atoms with van der Waals surface area (Å²) in [5.41, 5.74) is 11.2. The zero-order chi connectivity index (χ0) is 13.7. The number of nitrogens with two attached hydrogens (primary N) is 2. The molecule has 0 aromatic carbocycles. The summed E-state index contributed by atoms with van der Waals surface area (Å²) >= 11 is 0. The van der Waals surface area contributed by atoms with Gasteiger partial charge in [0.1, 0.15) is 5.69 Å². The highest BCUT2D eigenvalue weighted by atomic mass is 19.3. The van der Waals surface area contributed by atoms with Gasteiger partial charge >= 0.3 is 5.97 Å². The Balaban J connectivity index is 3.08. The number of anilines is 1. The number of carbonyl (C=O) groups excluding carboxylic acids is 1. The lowest BCUT2D eigenvalue weighted by Gasteiger charge is -2.11. The van der Waals surface area contributed by atoms with Crippen molar-refractivity contribution < 1.29 is 18.3 Å². The van der Waals surface area contributed by atoms with E-state index in [-0.39, 0.29) is 36.5 Å². The largest absolute Gasteiger partial charge is 0.466 e. The van der Waals surface area contributed by atoms with Crippen molar-refractivity contribution in [1.29, 1.82) is 0 Å². The van der Waals surface area contributed by atoms with Crippen LogP contribution in [0.25, 0.3) is 0 Å². The van der Waals surface area contributed by atoms with E-state index in [2.05, 4.69) is 4.98 Å². The average Bonchev–Trinajstić information content (AvgIpc) is 2.31. The van der Waals surface area contributed by atoms with E-state index >= 15 is 0 Å². The number of hydrogen-bond acceptors (Lipinski definition) is 5. The number of esters is 1. The predicted molar refractivity (Wildman–Crippen MR) is 61.8 cm³/mol. The number of aromatic nitrogens is 1. The van der Waals surface area contributed by atoms with Crippen LogP contribution in [0.4, 0.5) is 14.5 Å². The van der Waals surface area contributed by atoms with Crippen molar-refractivity contribution in [1.82, 2.24) is 4.98 Å². The molecule has 0 bridgehead atoms. The quantitative estimate of drug-likeness (QED) is 0.774. The van der Waals surface area contributed by atoms with Crippen LogP contribution in [0.3, 0.4) is 0 Å². The molecule has 0 aliphatic carbocycles. The molecule has 1 heterocycles. The average molecular weight is 259 g/mol. The van der Waals surface area contributed by atoms with Crippen LogP contribution in [-0.2, 0) is 22.5 Å². The van der Waals surface area contributed by atoms with E-state index in [0.717, 1.165) is 6.07 Å². The Hall–Kier alpha value is -1.76. The molecule has 0 atom stereocenters. The first-order valence-corrected chi connectivity index (χ1v) is 5.41. The highest BCUT2D eigenvalue weighted by Gasteiger charge is 2.17. The van der Waals surface area contributed by atoms with Gasteiger partial charge in [-0.05, 0) is 18.6 Å². The summed E-state index contributed by atoms with van der Waals surface area (Å²) in [6, 6.07) is 1.11. The zero-order valence-corrected chi connectivity index (χ0v) is 9.95. The van der Waals surface area contributed by atoms with Crippen LogP contribution in [0.2, 0.25) is 0 Å². The van der Waals surface area contributed by atoms with Gasteiger partial charge in [0.05, 0.1) is 24.4 Å².